The lowest BCUT2D eigenvalue weighted by molar-refractivity contribution is 0.0821. The van der Waals surface area contributed by atoms with Gasteiger partial charge in [0.25, 0.3) is 5.91 Å². The van der Waals surface area contributed by atoms with Gasteiger partial charge in [-0.2, -0.15) is 5.10 Å². The molecule has 0 unspecified atom stereocenters. The normalized spacial score (nSPS) is 22.6. The van der Waals surface area contributed by atoms with Crippen LogP contribution in [0.2, 0.25) is 0 Å². The molecule has 1 aromatic carbocycles. The van der Waals surface area contributed by atoms with Crippen molar-refractivity contribution in [3.05, 3.63) is 76.7 Å². The van der Waals surface area contributed by atoms with Gasteiger partial charge in [0, 0.05) is 14.1 Å². The fourth-order valence-electron chi connectivity index (χ4n) is 5.78. The first-order valence-corrected chi connectivity index (χ1v) is 10.7. The Morgan fingerprint density at radius 3 is 2.44 bits per heavy atom. The minimum Gasteiger partial charge on any atom is -0.343 e. The van der Waals surface area contributed by atoms with Gasteiger partial charge in [-0.25, -0.2) is 13.8 Å². The molecule has 2 atom stereocenters. The summed E-state index contributed by atoms with van der Waals surface area (Å²) in [5, 5.41) is 8.79. The molecule has 0 radical (unpaired) electrons. The highest BCUT2D eigenvalue weighted by molar-refractivity contribution is 5.92. The van der Waals surface area contributed by atoms with Crippen molar-refractivity contribution in [2.24, 2.45) is 5.41 Å². The Bertz CT molecular complexity index is 1240. The maximum Gasteiger partial charge on any atom is 0.271 e. The maximum absolute atomic E-state index is 14.4. The molecule has 2 heterocycles. The summed E-state index contributed by atoms with van der Waals surface area (Å²) in [5.74, 6) is -1.33. The fourth-order valence-corrected chi connectivity index (χ4v) is 5.78. The van der Waals surface area contributed by atoms with E-state index >= 15 is 0 Å². The molecule has 0 N–H and O–H groups in total. The fraction of sp³-hybridized carbons (Fsp3) is 0.360. The van der Waals surface area contributed by atoms with E-state index in [0.29, 0.717) is 5.69 Å². The van der Waals surface area contributed by atoms with Crippen molar-refractivity contribution in [3.63, 3.8) is 0 Å². The van der Waals surface area contributed by atoms with Gasteiger partial charge in [-0.3, -0.25) is 4.79 Å². The average molecular weight is 434 g/mol. The highest BCUT2D eigenvalue weighted by Crippen LogP contribution is 2.69. The number of nitrogens with zero attached hydrogens (tertiary/aromatic N) is 4. The number of carbonyl (C=O) groups excluding carboxylic acids is 1. The topological polar surface area (TPSA) is 59.0 Å². The summed E-state index contributed by atoms with van der Waals surface area (Å²) in [6, 6.07) is 11.1. The number of aromatic nitrogens is 3. The average Bonchev–Trinajstić information content (AvgIpc) is 3.14. The number of fused-ring (bicyclic) bond motifs is 5. The van der Waals surface area contributed by atoms with Gasteiger partial charge in [-0.05, 0) is 60.1 Å². The van der Waals surface area contributed by atoms with Crippen LogP contribution >= 0.6 is 0 Å². The first-order valence-electron chi connectivity index (χ1n) is 10.7. The quantitative estimate of drug-likeness (QED) is 0.598. The van der Waals surface area contributed by atoms with Crippen molar-refractivity contribution < 1.29 is 13.6 Å². The molecule has 32 heavy (non-hydrogen) atoms. The lowest BCUT2D eigenvalue weighted by Crippen LogP contribution is -2.38. The Kier molecular flexibility index (Phi) is 4.45. The zero-order chi connectivity index (χ0) is 22.8. The summed E-state index contributed by atoms with van der Waals surface area (Å²) < 4.78 is 28.8. The number of carbonyl (C=O) groups is 1. The van der Waals surface area contributed by atoms with Crippen LogP contribution in [0, 0.1) is 17.0 Å². The predicted octanol–water partition coefficient (Wildman–Crippen LogP) is 4.72. The molecule has 7 heteroatoms. The van der Waals surface area contributed by atoms with Gasteiger partial charge < -0.3 is 4.90 Å². The minimum atomic E-state index is -0.659. The first-order chi connectivity index (χ1) is 15.2. The molecule has 2 aliphatic rings. The van der Waals surface area contributed by atoms with Gasteiger partial charge in [0.2, 0.25) is 0 Å². The van der Waals surface area contributed by atoms with E-state index in [2.05, 4.69) is 24.0 Å². The monoisotopic (exact) mass is 434 g/mol. The Morgan fingerprint density at radius 1 is 1.06 bits per heavy atom. The molecule has 2 bridgehead atoms. The largest absolute Gasteiger partial charge is 0.343 e. The zero-order valence-electron chi connectivity index (χ0n) is 18.5. The number of amides is 1. The second kappa shape index (κ2) is 6.89. The molecule has 5 rings (SSSR count). The molecule has 0 aliphatic heterocycles. The van der Waals surface area contributed by atoms with Crippen LogP contribution in [0.3, 0.4) is 0 Å². The molecule has 1 saturated carbocycles. The van der Waals surface area contributed by atoms with Crippen LogP contribution in [0.4, 0.5) is 8.78 Å². The Hall–Kier alpha value is -3.22. The summed E-state index contributed by atoms with van der Waals surface area (Å²) >= 11 is 0. The lowest BCUT2D eigenvalue weighted by Gasteiger charge is -2.37. The Balaban J connectivity index is 1.69. The molecule has 0 spiro atoms. The van der Waals surface area contributed by atoms with Crippen LogP contribution in [-0.2, 0) is 5.41 Å². The van der Waals surface area contributed by atoms with Crippen LogP contribution in [0.5, 0.6) is 0 Å². The molecular formula is C25H24F2N4O. The summed E-state index contributed by atoms with van der Waals surface area (Å²) in [6.45, 7) is 4.36. The van der Waals surface area contributed by atoms with E-state index in [-0.39, 0.29) is 28.5 Å². The van der Waals surface area contributed by atoms with Crippen molar-refractivity contribution in [2.75, 3.05) is 14.1 Å². The van der Waals surface area contributed by atoms with Crippen molar-refractivity contribution in [2.45, 2.75) is 38.0 Å². The van der Waals surface area contributed by atoms with Crippen LogP contribution in [-0.4, -0.2) is 40.1 Å². The van der Waals surface area contributed by atoms with Gasteiger partial charge in [0.1, 0.15) is 17.3 Å². The third kappa shape index (κ3) is 2.60. The molecule has 2 aliphatic carbocycles. The van der Waals surface area contributed by atoms with Crippen LogP contribution in [0.15, 0.2) is 42.5 Å². The number of hydrogen-bond acceptors (Lipinski definition) is 4. The number of benzene rings is 1. The zero-order valence-corrected chi connectivity index (χ0v) is 18.5. The lowest BCUT2D eigenvalue weighted by atomic mass is 9.66. The number of pyridine rings is 1. The van der Waals surface area contributed by atoms with E-state index in [0.717, 1.165) is 29.8 Å². The third-order valence-electron chi connectivity index (χ3n) is 7.41. The van der Waals surface area contributed by atoms with Gasteiger partial charge in [0.15, 0.2) is 0 Å². The summed E-state index contributed by atoms with van der Waals surface area (Å²) in [5.41, 5.74) is 2.19. The highest BCUT2D eigenvalue weighted by atomic mass is 19.1. The van der Waals surface area contributed by atoms with Gasteiger partial charge >= 0.3 is 0 Å². The van der Waals surface area contributed by atoms with Crippen molar-refractivity contribution >= 4 is 5.91 Å². The SMILES string of the molecule is CN(C)C(=O)c1cccc([C@@]23CC[C@@H](c4cc(-c5c(F)cccc5F)nnc42)C3(C)C)n1. The Morgan fingerprint density at radius 2 is 1.75 bits per heavy atom. The standard InChI is InChI=1S/C25H24F2N4O/c1-24(2)15-11-12-25(24,20-10-6-9-18(28-20)23(32)31(3)4)22-14(15)13-19(29-30-22)21-16(26)7-5-8-17(21)27/h5-10,13,15H,11-12H2,1-4H3/t15-,25-/m0/s1. The molecular weight excluding hydrogens is 410 g/mol. The van der Waals surface area contributed by atoms with E-state index < -0.39 is 17.0 Å². The van der Waals surface area contributed by atoms with Crippen LogP contribution < -0.4 is 0 Å². The second-order valence-electron chi connectivity index (χ2n) is 9.46. The third-order valence-corrected chi connectivity index (χ3v) is 7.41. The van der Waals surface area contributed by atoms with E-state index in [1.54, 1.807) is 26.2 Å². The highest BCUT2D eigenvalue weighted by Gasteiger charge is 2.65. The van der Waals surface area contributed by atoms with E-state index in [1.807, 2.05) is 12.1 Å². The number of hydrogen-bond donors (Lipinski definition) is 0. The first kappa shape index (κ1) is 20.7. The van der Waals surface area contributed by atoms with Crippen LogP contribution in [0.25, 0.3) is 11.3 Å². The summed E-state index contributed by atoms with van der Waals surface area (Å²) in [4.78, 5) is 18.8. The summed E-state index contributed by atoms with van der Waals surface area (Å²) in [7, 11) is 3.40. The summed E-state index contributed by atoms with van der Waals surface area (Å²) in [6.07, 6.45) is 1.73. The van der Waals surface area contributed by atoms with E-state index in [9.17, 15) is 13.6 Å². The molecule has 1 amide bonds. The number of rotatable bonds is 3. The molecule has 164 valence electrons. The second-order valence-corrected chi connectivity index (χ2v) is 9.46. The Labute approximate surface area is 185 Å². The molecule has 0 saturated heterocycles. The maximum atomic E-state index is 14.4. The van der Waals surface area contributed by atoms with Crippen molar-refractivity contribution in [3.8, 4) is 11.3 Å². The molecule has 1 fully saturated rings. The minimum absolute atomic E-state index is 0.150. The van der Waals surface area contributed by atoms with Gasteiger partial charge in [0.05, 0.1) is 28.1 Å². The van der Waals surface area contributed by atoms with Crippen molar-refractivity contribution in [1.29, 1.82) is 0 Å². The predicted molar refractivity (Wildman–Crippen MR) is 116 cm³/mol. The molecule has 3 aromatic rings. The van der Waals surface area contributed by atoms with Crippen molar-refractivity contribution in [1.82, 2.24) is 20.1 Å². The van der Waals surface area contributed by atoms with Gasteiger partial charge in [-0.15, -0.1) is 5.10 Å². The van der Waals surface area contributed by atoms with E-state index in [4.69, 9.17) is 4.98 Å². The smallest absolute Gasteiger partial charge is 0.271 e. The molecule has 2 aromatic heterocycles. The van der Waals surface area contributed by atoms with E-state index in [1.165, 1.54) is 23.1 Å². The molecule has 5 nitrogen and oxygen atoms in total. The van der Waals surface area contributed by atoms with Crippen LogP contribution in [0.1, 0.15) is 60.0 Å². The number of halogens is 2. The van der Waals surface area contributed by atoms with Gasteiger partial charge in [-0.1, -0.05) is 26.0 Å².